The molecule has 0 bridgehead atoms. The summed E-state index contributed by atoms with van der Waals surface area (Å²) in [6, 6.07) is 0.115. The first-order valence-corrected chi connectivity index (χ1v) is 13.5. The van der Waals surface area contributed by atoms with Crippen molar-refractivity contribution in [2.24, 2.45) is 23.2 Å². The smallest absolute Gasteiger partial charge is 0.226 e. The van der Waals surface area contributed by atoms with Gasteiger partial charge in [-0.15, -0.1) is 0 Å². The lowest BCUT2D eigenvalue weighted by molar-refractivity contribution is -0.133. The molecule has 0 aromatic carbocycles. The highest BCUT2D eigenvalue weighted by atomic mass is 33.1. The summed E-state index contributed by atoms with van der Waals surface area (Å²) in [4.78, 5) is 25.2. The summed E-state index contributed by atoms with van der Waals surface area (Å²) >= 11 is 0. The van der Waals surface area contributed by atoms with Gasteiger partial charge >= 0.3 is 0 Å². The maximum atomic E-state index is 13.0. The SMILES string of the molecule is CC(C)CCSSCC(C)CC(C)(C)NC(=O)C(C)(C)CC(C)C(=O)NC(C)C. The van der Waals surface area contributed by atoms with E-state index in [0.29, 0.717) is 12.3 Å². The molecule has 0 aromatic rings. The summed E-state index contributed by atoms with van der Waals surface area (Å²) in [5, 5.41) is 6.18. The normalized spacial score (nSPS) is 14.8. The van der Waals surface area contributed by atoms with E-state index in [2.05, 4.69) is 45.3 Å². The Morgan fingerprint density at radius 2 is 1.48 bits per heavy atom. The standard InChI is InChI=1S/C23H46N2O2S2/c1-16(2)11-12-28-29-15-18(5)13-23(9,10)25-21(27)22(7,8)14-19(6)20(26)24-17(3)4/h16-19H,11-15H2,1-10H3,(H,24,26)(H,25,27). The van der Waals surface area contributed by atoms with Crippen LogP contribution >= 0.6 is 21.6 Å². The van der Waals surface area contributed by atoms with E-state index in [0.717, 1.165) is 18.1 Å². The zero-order valence-corrected chi connectivity index (χ0v) is 22.1. The van der Waals surface area contributed by atoms with Gasteiger partial charge in [-0.2, -0.15) is 0 Å². The van der Waals surface area contributed by atoms with E-state index in [1.54, 1.807) is 0 Å². The second kappa shape index (κ2) is 13.1. The van der Waals surface area contributed by atoms with Crippen molar-refractivity contribution >= 4 is 33.4 Å². The first-order valence-electron chi connectivity index (χ1n) is 11.0. The van der Waals surface area contributed by atoms with E-state index < -0.39 is 5.41 Å². The fraction of sp³-hybridized carbons (Fsp3) is 0.913. The number of hydrogen-bond acceptors (Lipinski definition) is 4. The molecule has 0 aliphatic carbocycles. The number of hydrogen-bond donors (Lipinski definition) is 2. The van der Waals surface area contributed by atoms with Crippen molar-refractivity contribution in [2.75, 3.05) is 11.5 Å². The van der Waals surface area contributed by atoms with Crippen LogP contribution < -0.4 is 10.6 Å². The molecule has 0 rings (SSSR count). The third kappa shape index (κ3) is 13.5. The first-order chi connectivity index (χ1) is 13.2. The topological polar surface area (TPSA) is 58.2 Å². The first kappa shape index (κ1) is 28.6. The Bertz CT molecular complexity index is 505. The van der Waals surface area contributed by atoms with Gasteiger partial charge in [-0.1, -0.05) is 63.1 Å². The lowest BCUT2D eigenvalue weighted by atomic mass is 9.81. The summed E-state index contributed by atoms with van der Waals surface area (Å²) < 4.78 is 0. The largest absolute Gasteiger partial charge is 0.354 e. The molecule has 0 saturated carbocycles. The molecule has 4 nitrogen and oxygen atoms in total. The molecule has 2 amide bonds. The fourth-order valence-electron chi connectivity index (χ4n) is 3.34. The Kier molecular flexibility index (Phi) is 13.0. The maximum Gasteiger partial charge on any atom is 0.226 e. The van der Waals surface area contributed by atoms with Crippen LogP contribution in [0.2, 0.25) is 0 Å². The van der Waals surface area contributed by atoms with Crippen molar-refractivity contribution in [1.29, 1.82) is 0 Å². The molecular formula is C23H46N2O2S2. The molecule has 2 N–H and O–H groups in total. The van der Waals surface area contributed by atoms with Crippen LogP contribution in [0.15, 0.2) is 0 Å². The van der Waals surface area contributed by atoms with E-state index in [4.69, 9.17) is 0 Å². The van der Waals surface area contributed by atoms with Crippen LogP contribution in [0.5, 0.6) is 0 Å². The van der Waals surface area contributed by atoms with Crippen molar-refractivity contribution in [3.8, 4) is 0 Å². The van der Waals surface area contributed by atoms with Crippen LogP contribution in [0.3, 0.4) is 0 Å². The molecule has 6 heteroatoms. The molecule has 0 fully saturated rings. The van der Waals surface area contributed by atoms with Gasteiger partial charge in [0.1, 0.15) is 0 Å². The van der Waals surface area contributed by atoms with E-state index in [1.165, 1.54) is 12.2 Å². The molecule has 2 unspecified atom stereocenters. The minimum Gasteiger partial charge on any atom is -0.354 e. The van der Waals surface area contributed by atoms with Crippen molar-refractivity contribution < 1.29 is 9.59 Å². The quantitative estimate of drug-likeness (QED) is 0.257. The lowest BCUT2D eigenvalue weighted by Crippen LogP contribution is -2.50. The average molecular weight is 447 g/mol. The summed E-state index contributed by atoms with van der Waals surface area (Å²) in [6.45, 7) is 20.6. The van der Waals surface area contributed by atoms with Crippen molar-refractivity contribution in [2.45, 2.75) is 100 Å². The lowest BCUT2D eigenvalue weighted by Gasteiger charge is -2.34. The second-order valence-electron chi connectivity index (χ2n) is 10.6. The molecular weight excluding hydrogens is 400 g/mol. The van der Waals surface area contributed by atoms with Gasteiger partial charge in [-0.05, 0) is 58.8 Å². The van der Waals surface area contributed by atoms with Gasteiger partial charge < -0.3 is 10.6 Å². The fourth-order valence-corrected chi connectivity index (χ4v) is 6.10. The predicted octanol–water partition coefficient (Wildman–Crippen LogP) is 5.91. The Hall–Kier alpha value is -0.360. The monoisotopic (exact) mass is 446 g/mol. The molecule has 0 heterocycles. The summed E-state index contributed by atoms with van der Waals surface area (Å²) in [5.41, 5.74) is -0.851. The van der Waals surface area contributed by atoms with Gasteiger partial charge in [-0.25, -0.2) is 0 Å². The summed E-state index contributed by atoms with van der Waals surface area (Å²) in [5.74, 6) is 3.43. The van der Waals surface area contributed by atoms with Gasteiger partial charge in [0.2, 0.25) is 11.8 Å². The summed E-state index contributed by atoms with van der Waals surface area (Å²) in [6.07, 6.45) is 2.73. The van der Waals surface area contributed by atoms with Crippen LogP contribution in [0.1, 0.15) is 88.5 Å². The number of amides is 2. The molecule has 29 heavy (non-hydrogen) atoms. The molecule has 2 atom stereocenters. The maximum absolute atomic E-state index is 13.0. The molecule has 172 valence electrons. The third-order valence-electron chi connectivity index (χ3n) is 4.83. The van der Waals surface area contributed by atoms with E-state index in [9.17, 15) is 9.59 Å². The van der Waals surface area contributed by atoms with Crippen LogP contribution in [0.4, 0.5) is 0 Å². The Morgan fingerprint density at radius 3 is 2.00 bits per heavy atom. The van der Waals surface area contributed by atoms with Crippen LogP contribution in [0, 0.1) is 23.2 Å². The zero-order valence-electron chi connectivity index (χ0n) is 20.5. The van der Waals surface area contributed by atoms with Gasteiger partial charge in [0.05, 0.1) is 0 Å². The molecule has 0 radical (unpaired) electrons. The van der Waals surface area contributed by atoms with E-state index in [-0.39, 0.29) is 29.3 Å². The summed E-state index contributed by atoms with van der Waals surface area (Å²) in [7, 11) is 3.90. The second-order valence-corrected chi connectivity index (χ2v) is 13.2. The Labute approximate surface area is 188 Å². The van der Waals surface area contributed by atoms with E-state index >= 15 is 0 Å². The highest BCUT2D eigenvalue weighted by molar-refractivity contribution is 8.76. The predicted molar refractivity (Wildman–Crippen MR) is 131 cm³/mol. The molecule has 0 spiro atoms. The van der Waals surface area contributed by atoms with Crippen LogP contribution in [0.25, 0.3) is 0 Å². The molecule has 0 saturated heterocycles. The van der Waals surface area contributed by atoms with Gasteiger partial charge in [0, 0.05) is 34.4 Å². The van der Waals surface area contributed by atoms with Crippen molar-refractivity contribution in [3.63, 3.8) is 0 Å². The minimum atomic E-state index is -0.588. The molecule has 0 aromatic heterocycles. The van der Waals surface area contributed by atoms with Crippen LogP contribution in [-0.4, -0.2) is 34.9 Å². The number of nitrogens with one attached hydrogen (secondary N) is 2. The molecule has 0 aliphatic heterocycles. The molecule has 0 aliphatic rings. The highest BCUT2D eigenvalue weighted by Gasteiger charge is 2.35. The van der Waals surface area contributed by atoms with Crippen molar-refractivity contribution in [1.82, 2.24) is 10.6 Å². The number of carbonyl (C=O) groups excluding carboxylic acids is 2. The van der Waals surface area contributed by atoms with Gasteiger partial charge in [0.15, 0.2) is 0 Å². The Morgan fingerprint density at radius 1 is 0.897 bits per heavy atom. The van der Waals surface area contributed by atoms with E-state index in [1.807, 2.05) is 56.2 Å². The number of rotatable bonds is 14. The third-order valence-corrected chi connectivity index (χ3v) is 7.52. The average Bonchev–Trinajstić information content (AvgIpc) is 2.51. The zero-order chi connectivity index (χ0) is 22.8. The van der Waals surface area contributed by atoms with Crippen LogP contribution in [-0.2, 0) is 9.59 Å². The van der Waals surface area contributed by atoms with Crippen molar-refractivity contribution in [3.05, 3.63) is 0 Å². The van der Waals surface area contributed by atoms with Gasteiger partial charge in [-0.3, -0.25) is 9.59 Å². The minimum absolute atomic E-state index is 0.0146. The highest BCUT2D eigenvalue weighted by Crippen LogP contribution is 2.30. The van der Waals surface area contributed by atoms with Gasteiger partial charge in [0.25, 0.3) is 0 Å². The Balaban J connectivity index is 4.52. The number of carbonyl (C=O) groups is 2.